The Hall–Kier alpha value is -2.24. The van der Waals surface area contributed by atoms with Crippen molar-refractivity contribution in [2.75, 3.05) is 20.7 Å². The van der Waals surface area contributed by atoms with Gasteiger partial charge in [-0.15, -0.1) is 0 Å². The van der Waals surface area contributed by atoms with Gasteiger partial charge in [0.1, 0.15) is 5.75 Å². The zero-order valence-corrected chi connectivity index (χ0v) is 12.6. The van der Waals surface area contributed by atoms with Crippen LogP contribution in [0.4, 0.5) is 4.79 Å². The molecule has 0 saturated heterocycles. The zero-order chi connectivity index (χ0) is 15.8. The van der Waals surface area contributed by atoms with E-state index >= 15 is 0 Å². The maximum Gasteiger partial charge on any atom is 0.317 e. The van der Waals surface area contributed by atoms with Crippen molar-refractivity contribution in [3.63, 3.8) is 0 Å². The standard InChI is InChI=1S/C15H22N2O4/c1-11(14(18)19)7-8-16-15(20)17(2)10-12-5-4-6-13(9-12)21-3/h4-6,9,11H,7-8,10H2,1-3H3,(H,16,20)(H,18,19). The molecule has 0 radical (unpaired) electrons. The molecule has 1 atom stereocenters. The average Bonchev–Trinajstić information content (AvgIpc) is 2.46. The van der Waals surface area contributed by atoms with Crippen LogP contribution >= 0.6 is 0 Å². The molecule has 0 aliphatic rings. The number of carbonyl (C=O) groups excluding carboxylic acids is 1. The van der Waals surface area contributed by atoms with Crippen LogP contribution in [0.25, 0.3) is 0 Å². The maximum atomic E-state index is 11.9. The molecule has 0 saturated carbocycles. The normalized spacial score (nSPS) is 11.6. The van der Waals surface area contributed by atoms with Crippen LogP contribution in [0.1, 0.15) is 18.9 Å². The van der Waals surface area contributed by atoms with Crippen LogP contribution in [0.15, 0.2) is 24.3 Å². The highest BCUT2D eigenvalue weighted by atomic mass is 16.5. The third-order valence-corrected chi connectivity index (χ3v) is 3.18. The van der Waals surface area contributed by atoms with Crippen LogP contribution in [0.3, 0.4) is 0 Å². The summed E-state index contributed by atoms with van der Waals surface area (Å²) < 4.78 is 5.14. The topological polar surface area (TPSA) is 78.9 Å². The summed E-state index contributed by atoms with van der Waals surface area (Å²) in [5.74, 6) is -0.570. The molecule has 0 fully saturated rings. The van der Waals surface area contributed by atoms with Crippen molar-refractivity contribution < 1.29 is 19.4 Å². The quantitative estimate of drug-likeness (QED) is 0.805. The SMILES string of the molecule is COc1cccc(CN(C)C(=O)NCCC(C)C(=O)O)c1. The van der Waals surface area contributed by atoms with Gasteiger partial charge in [-0.1, -0.05) is 19.1 Å². The van der Waals surface area contributed by atoms with Gasteiger partial charge in [0.15, 0.2) is 0 Å². The predicted molar refractivity (Wildman–Crippen MR) is 79.3 cm³/mol. The van der Waals surface area contributed by atoms with Crippen molar-refractivity contribution in [1.29, 1.82) is 0 Å². The van der Waals surface area contributed by atoms with E-state index < -0.39 is 11.9 Å². The van der Waals surface area contributed by atoms with Gasteiger partial charge in [0, 0.05) is 20.1 Å². The van der Waals surface area contributed by atoms with E-state index in [4.69, 9.17) is 9.84 Å². The second-order valence-corrected chi connectivity index (χ2v) is 4.97. The number of nitrogens with one attached hydrogen (secondary N) is 1. The Kier molecular flexibility index (Phi) is 6.52. The van der Waals surface area contributed by atoms with Crippen molar-refractivity contribution in [3.8, 4) is 5.75 Å². The lowest BCUT2D eigenvalue weighted by Crippen LogP contribution is -2.38. The molecule has 0 spiro atoms. The van der Waals surface area contributed by atoms with E-state index in [9.17, 15) is 9.59 Å². The fourth-order valence-electron chi connectivity index (χ4n) is 1.77. The minimum absolute atomic E-state index is 0.226. The van der Waals surface area contributed by atoms with Gasteiger partial charge in [0.2, 0.25) is 0 Å². The highest BCUT2D eigenvalue weighted by Gasteiger charge is 2.13. The summed E-state index contributed by atoms with van der Waals surface area (Å²) in [6.07, 6.45) is 0.411. The van der Waals surface area contributed by atoms with Crippen LogP contribution in [0.2, 0.25) is 0 Å². The number of methoxy groups -OCH3 is 1. The fourth-order valence-corrected chi connectivity index (χ4v) is 1.77. The molecule has 1 unspecified atom stereocenters. The first-order chi connectivity index (χ1) is 9.93. The first-order valence-electron chi connectivity index (χ1n) is 6.78. The number of rotatable bonds is 7. The molecule has 116 valence electrons. The summed E-state index contributed by atoms with van der Waals surface area (Å²) >= 11 is 0. The van der Waals surface area contributed by atoms with Gasteiger partial charge >= 0.3 is 12.0 Å². The van der Waals surface area contributed by atoms with Gasteiger partial charge in [0.05, 0.1) is 13.0 Å². The first-order valence-corrected chi connectivity index (χ1v) is 6.78. The van der Waals surface area contributed by atoms with Crippen molar-refractivity contribution in [3.05, 3.63) is 29.8 Å². The monoisotopic (exact) mass is 294 g/mol. The second-order valence-electron chi connectivity index (χ2n) is 4.97. The highest BCUT2D eigenvalue weighted by Crippen LogP contribution is 2.13. The highest BCUT2D eigenvalue weighted by molar-refractivity contribution is 5.74. The molecule has 1 rings (SSSR count). The second kappa shape index (κ2) is 8.14. The average molecular weight is 294 g/mol. The Bertz CT molecular complexity index is 490. The van der Waals surface area contributed by atoms with Crippen molar-refractivity contribution in [1.82, 2.24) is 10.2 Å². The summed E-state index contributed by atoms with van der Waals surface area (Å²) in [7, 11) is 3.29. The number of hydrogen-bond donors (Lipinski definition) is 2. The maximum absolute atomic E-state index is 11.9. The first kappa shape index (κ1) is 16.8. The van der Waals surface area contributed by atoms with E-state index in [0.29, 0.717) is 19.5 Å². The van der Waals surface area contributed by atoms with Crippen LogP contribution in [-0.2, 0) is 11.3 Å². The minimum Gasteiger partial charge on any atom is -0.497 e. The molecule has 6 nitrogen and oxygen atoms in total. The van der Waals surface area contributed by atoms with E-state index in [1.165, 1.54) is 0 Å². The van der Waals surface area contributed by atoms with Crippen LogP contribution in [0, 0.1) is 5.92 Å². The lowest BCUT2D eigenvalue weighted by molar-refractivity contribution is -0.141. The van der Waals surface area contributed by atoms with Crippen molar-refractivity contribution in [2.45, 2.75) is 19.9 Å². The summed E-state index contributed by atoms with van der Waals surface area (Å²) in [6, 6.07) is 7.27. The van der Waals surface area contributed by atoms with Gasteiger partial charge in [0.25, 0.3) is 0 Å². The number of benzene rings is 1. The molecule has 1 aromatic carbocycles. The van der Waals surface area contributed by atoms with Gasteiger partial charge in [-0.3, -0.25) is 4.79 Å². The van der Waals surface area contributed by atoms with Crippen molar-refractivity contribution in [2.24, 2.45) is 5.92 Å². The molecule has 0 heterocycles. The Labute approximate surface area is 124 Å². The summed E-state index contributed by atoms with van der Waals surface area (Å²) in [4.78, 5) is 24.1. The molecular weight excluding hydrogens is 272 g/mol. The Morgan fingerprint density at radius 1 is 1.43 bits per heavy atom. The fraction of sp³-hybridized carbons (Fsp3) is 0.467. The van der Waals surface area contributed by atoms with E-state index in [1.54, 1.807) is 26.0 Å². The molecule has 6 heteroatoms. The molecule has 0 aromatic heterocycles. The third kappa shape index (κ3) is 5.72. The predicted octanol–water partition coefficient (Wildman–Crippen LogP) is 1.95. The number of nitrogens with zero attached hydrogens (tertiary/aromatic N) is 1. The van der Waals surface area contributed by atoms with E-state index in [1.807, 2.05) is 24.3 Å². The molecular formula is C15H22N2O4. The Balaban J connectivity index is 2.42. The number of ether oxygens (including phenoxy) is 1. The number of amides is 2. The number of carboxylic acids is 1. The number of carboxylic acid groups (broad SMARTS) is 1. The molecule has 2 N–H and O–H groups in total. The number of urea groups is 1. The van der Waals surface area contributed by atoms with Crippen LogP contribution < -0.4 is 10.1 Å². The number of hydrogen-bond acceptors (Lipinski definition) is 3. The van der Waals surface area contributed by atoms with E-state index in [2.05, 4.69) is 5.32 Å². The summed E-state index contributed by atoms with van der Waals surface area (Å²) in [5, 5.41) is 11.5. The lowest BCUT2D eigenvalue weighted by Gasteiger charge is -2.18. The Morgan fingerprint density at radius 3 is 2.76 bits per heavy atom. The van der Waals surface area contributed by atoms with Gasteiger partial charge < -0.3 is 20.1 Å². The van der Waals surface area contributed by atoms with Crippen LogP contribution in [-0.4, -0.2) is 42.7 Å². The number of aliphatic carboxylic acids is 1. The van der Waals surface area contributed by atoms with Crippen LogP contribution in [0.5, 0.6) is 5.75 Å². The van der Waals surface area contributed by atoms with E-state index in [0.717, 1.165) is 11.3 Å². The largest absolute Gasteiger partial charge is 0.497 e. The lowest BCUT2D eigenvalue weighted by atomic mass is 10.1. The molecule has 0 aliphatic carbocycles. The zero-order valence-electron chi connectivity index (χ0n) is 12.6. The summed E-state index contributed by atoms with van der Waals surface area (Å²) in [5.41, 5.74) is 0.964. The number of carbonyl (C=O) groups is 2. The van der Waals surface area contributed by atoms with Crippen molar-refractivity contribution >= 4 is 12.0 Å². The van der Waals surface area contributed by atoms with Gasteiger partial charge in [-0.05, 0) is 24.1 Å². The molecule has 1 aromatic rings. The summed E-state index contributed by atoms with van der Waals surface area (Å²) in [6.45, 7) is 2.42. The van der Waals surface area contributed by atoms with Gasteiger partial charge in [-0.2, -0.15) is 0 Å². The van der Waals surface area contributed by atoms with Gasteiger partial charge in [-0.25, -0.2) is 4.79 Å². The minimum atomic E-state index is -0.853. The molecule has 0 bridgehead atoms. The Morgan fingerprint density at radius 2 is 2.14 bits per heavy atom. The molecule has 0 aliphatic heterocycles. The third-order valence-electron chi connectivity index (χ3n) is 3.18. The molecule has 2 amide bonds. The smallest absolute Gasteiger partial charge is 0.317 e. The molecule has 21 heavy (non-hydrogen) atoms. The van der Waals surface area contributed by atoms with E-state index in [-0.39, 0.29) is 6.03 Å².